The summed E-state index contributed by atoms with van der Waals surface area (Å²) >= 11 is 0. The van der Waals surface area contributed by atoms with Crippen LogP contribution in [-0.2, 0) is 5.54 Å². The Morgan fingerprint density at radius 3 is 1.97 bits per heavy atom. The number of hydrogen-bond donors (Lipinski definition) is 0. The van der Waals surface area contributed by atoms with Crippen LogP contribution in [0.15, 0.2) is 115 Å². The summed E-state index contributed by atoms with van der Waals surface area (Å²) in [5.41, 5.74) is 10.5. The molecule has 39 heavy (non-hydrogen) atoms. The number of benzene rings is 5. The lowest BCUT2D eigenvalue weighted by Gasteiger charge is -2.22. The van der Waals surface area contributed by atoms with Crippen LogP contribution in [0.1, 0.15) is 20.8 Å². The SMILES string of the molecule is CC(C)(C)n1c2ccc(-c3ccc4c(c3)c3ccccc3n4-c3ccccc3)cc2n2c3ccccc3nc12. The summed E-state index contributed by atoms with van der Waals surface area (Å²) in [6, 6.07) is 41.5. The van der Waals surface area contributed by atoms with Crippen molar-refractivity contribution in [3.05, 3.63) is 115 Å². The van der Waals surface area contributed by atoms with Crippen LogP contribution in [0.25, 0.3) is 66.5 Å². The van der Waals surface area contributed by atoms with Crippen LogP contribution in [0.2, 0.25) is 0 Å². The summed E-state index contributed by atoms with van der Waals surface area (Å²) in [5, 5.41) is 2.53. The number of imidazole rings is 2. The largest absolute Gasteiger partial charge is 0.309 e. The van der Waals surface area contributed by atoms with E-state index in [1.807, 2.05) is 0 Å². The topological polar surface area (TPSA) is 27.2 Å². The second kappa shape index (κ2) is 7.84. The van der Waals surface area contributed by atoms with Crippen molar-refractivity contribution in [3.63, 3.8) is 0 Å². The molecule has 5 aromatic carbocycles. The third-order valence-electron chi connectivity index (χ3n) is 7.89. The number of hydrogen-bond acceptors (Lipinski definition) is 1. The highest BCUT2D eigenvalue weighted by Crippen LogP contribution is 2.37. The Balaban J connectivity index is 1.40. The van der Waals surface area contributed by atoms with E-state index in [0.29, 0.717) is 0 Å². The van der Waals surface area contributed by atoms with E-state index in [4.69, 9.17) is 4.98 Å². The van der Waals surface area contributed by atoms with Gasteiger partial charge in [-0.3, -0.25) is 4.40 Å². The third-order valence-corrected chi connectivity index (χ3v) is 7.89. The van der Waals surface area contributed by atoms with Crippen LogP contribution >= 0.6 is 0 Å². The minimum absolute atomic E-state index is 0.107. The molecule has 0 aliphatic carbocycles. The molecule has 0 atom stereocenters. The van der Waals surface area contributed by atoms with E-state index in [1.54, 1.807) is 0 Å². The number of fused-ring (bicyclic) bond motifs is 8. The summed E-state index contributed by atoms with van der Waals surface area (Å²) in [5.74, 6) is 0.984. The molecule has 0 amide bonds. The Labute approximate surface area is 226 Å². The first-order chi connectivity index (χ1) is 19.0. The lowest BCUT2D eigenvalue weighted by atomic mass is 10.0. The van der Waals surface area contributed by atoms with Crippen molar-refractivity contribution in [2.24, 2.45) is 0 Å². The van der Waals surface area contributed by atoms with Gasteiger partial charge >= 0.3 is 0 Å². The number of para-hydroxylation sites is 4. The number of nitrogens with zero attached hydrogens (tertiary/aromatic N) is 4. The average Bonchev–Trinajstić information content (AvgIpc) is 3.59. The number of aromatic nitrogens is 4. The van der Waals surface area contributed by atoms with Gasteiger partial charge in [0.15, 0.2) is 0 Å². The summed E-state index contributed by atoms with van der Waals surface area (Å²) in [6.07, 6.45) is 0. The van der Waals surface area contributed by atoms with Crippen LogP contribution in [-0.4, -0.2) is 18.5 Å². The maximum absolute atomic E-state index is 5.05. The Kier molecular flexibility index (Phi) is 4.46. The zero-order valence-electron chi connectivity index (χ0n) is 22.3. The fourth-order valence-electron chi connectivity index (χ4n) is 6.25. The summed E-state index contributed by atoms with van der Waals surface area (Å²) in [6.45, 7) is 6.74. The summed E-state index contributed by atoms with van der Waals surface area (Å²) < 4.78 is 7.05. The van der Waals surface area contributed by atoms with E-state index in [2.05, 4.69) is 150 Å². The quantitative estimate of drug-likeness (QED) is 0.231. The molecular formula is C35H28N4. The van der Waals surface area contributed by atoms with Gasteiger partial charge in [0.2, 0.25) is 5.78 Å². The second-order valence-corrected chi connectivity index (χ2v) is 11.4. The number of rotatable bonds is 2. The first-order valence-corrected chi connectivity index (χ1v) is 13.5. The van der Waals surface area contributed by atoms with E-state index < -0.39 is 0 Å². The molecule has 0 radical (unpaired) electrons. The van der Waals surface area contributed by atoms with Gasteiger partial charge in [-0.05, 0) is 86.5 Å². The minimum atomic E-state index is -0.107. The Hall–Kier alpha value is -4.83. The van der Waals surface area contributed by atoms with E-state index in [9.17, 15) is 0 Å². The molecule has 0 saturated carbocycles. The monoisotopic (exact) mass is 504 g/mol. The van der Waals surface area contributed by atoms with Crippen molar-refractivity contribution >= 4 is 49.7 Å². The van der Waals surface area contributed by atoms with Gasteiger partial charge in [0, 0.05) is 22.0 Å². The molecule has 0 N–H and O–H groups in total. The van der Waals surface area contributed by atoms with E-state index in [0.717, 1.165) is 16.8 Å². The molecule has 4 nitrogen and oxygen atoms in total. The van der Waals surface area contributed by atoms with E-state index in [1.165, 1.54) is 49.7 Å². The molecule has 0 unspecified atom stereocenters. The molecule has 0 spiro atoms. The normalized spacial score (nSPS) is 12.5. The van der Waals surface area contributed by atoms with Crippen molar-refractivity contribution in [2.45, 2.75) is 26.3 Å². The van der Waals surface area contributed by atoms with E-state index >= 15 is 0 Å². The molecule has 0 fully saturated rings. The van der Waals surface area contributed by atoms with Gasteiger partial charge in [-0.2, -0.15) is 0 Å². The molecule has 0 saturated heterocycles. The highest BCUT2D eigenvalue weighted by molar-refractivity contribution is 6.10. The van der Waals surface area contributed by atoms with Gasteiger partial charge < -0.3 is 9.13 Å². The lowest BCUT2D eigenvalue weighted by Crippen LogP contribution is -2.21. The molecule has 0 bridgehead atoms. The first-order valence-electron chi connectivity index (χ1n) is 13.5. The molecule has 3 heterocycles. The van der Waals surface area contributed by atoms with Gasteiger partial charge in [0.25, 0.3) is 0 Å². The molecule has 188 valence electrons. The van der Waals surface area contributed by atoms with Crippen molar-refractivity contribution < 1.29 is 0 Å². The highest BCUT2D eigenvalue weighted by Gasteiger charge is 2.24. The molecule has 8 rings (SSSR count). The molecule has 8 aromatic rings. The van der Waals surface area contributed by atoms with Crippen molar-refractivity contribution in [1.82, 2.24) is 18.5 Å². The standard InChI is InChI=1S/C35H28N4/c1-35(2,3)39-32-20-18-24(22-33(32)38-31-16-10-8-14-28(31)36-34(38)39)23-17-19-30-27(21-23)26-13-7-9-15-29(26)37(30)25-11-5-4-6-12-25/h4-22H,1-3H3. The van der Waals surface area contributed by atoms with Crippen molar-refractivity contribution in [1.29, 1.82) is 0 Å². The van der Waals surface area contributed by atoms with Crippen LogP contribution in [0.5, 0.6) is 0 Å². The zero-order valence-corrected chi connectivity index (χ0v) is 22.3. The maximum Gasteiger partial charge on any atom is 0.216 e. The molecule has 3 aromatic heterocycles. The predicted molar refractivity (Wildman–Crippen MR) is 163 cm³/mol. The molecular weight excluding hydrogens is 476 g/mol. The molecule has 4 heteroatoms. The summed E-state index contributed by atoms with van der Waals surface area (Å²) in [7, 11) is 0. The second-order valence-electron chi connectivity index (χ2n) is 11.4. The Morgan fingerprint density at radius 2 is 1.18 bits per heavy atom. The van der Waals surface area contributed by atoms with Crippen LogP contribution < -0.4 is 0 Å². The van der Waals surface area contributed by atoms with Gasteiger partial charge in [-0.15, -0.1) is 0 Å². The lowest BCUT2D eigenvalue weighted by molar-refractivity contribution is 0.419. The molecule has 0 aliphatic rings. The zero-order chi connectivity index (χ0) is 26.3. The van der Waals surface area contributed by atoms with Gasteiger partial charge in [-0.25, -0.2) is 4.98 Å². The van der Waals surface area contributed by atoms with Crippen LogP contribution in [0.3, 0.4) is 0 Å². The van der Waals surface area contributed by atoms with Gasteiger partial charge in [-0.1, -0.05) is 60.7 Å². The van der Waals surface area contributed by atoms with Gasteiger partial charge in [0.1, 0.15) is 0 Å². The predicted octanol–water partition coefficient (Wildman–Crippen LogP) is 8.96. The molecule has 0 aliphatic heterocycles. The summed E-state index contributed by atoms with van der Waals surface area (Å²) in [4.78, 5) is 5.05. The Bertz CT molecular complexity index is 2200. The first kappa shape index (κ1) is 22.2. The minimum Gasteiger partial charge on any atom is -0.309 e. The third kappa shape index (κ3) is 3.15. The fraction of sp³-hybridized carbons (Fsp3) is 0.114. The Morgan fingerprint density at radius 1 is 0.538 bits per heavy atom. The average molecular weight is 505 g/mol. The highest BCUT2D eigenvalue weighted by atomic mass is 15.2. The fourth-order valence-corrected chi connectivity index (χ4v) is 6.25. The maximum atomic E-state index is 5.05. The smallest absolute Gasteiger partial charge is 0.216 e. The van der Waals surface area contributed by atoms with E-state index in [-0.39, 0.29) is 5.54 Å². The van der Waals surface area contributed by atoms with Crippen LogP contribution in [0, 0.1) is 0 Å². The van der Waals surface area contributed by atoms with Crippen molar-refractivity contribution in [3.8, 4) is 16.8 Å². The van der Waals surface area contributed by atoms with Crippen molar-refractivity contribution in [2.75, 3.05) is 0 Å². The van der Waals surface area contributed by atoms with Crippen LogP contribution in [0.4, 0.5) is 0 Å². The van der Waals surface area contributed by atoms with Gasteiger partial charge in [0.05, 0.1) is 33.1 Å².